The van der Waals surface area contributed by atoms with Crippen molar-refractivity contribution < 1.29 is 24.2 Å². The molecule has 3 fully saturated rings. The molecule has 180 valence electrons. The number of nitrogens with one attached hydrogen (secondary N) is 2. The van der Waals surface area contributed by atoms with Gasteiger partial charge in [0.15, 0.2) is 0 Å². The Bertz CT molecular complexity index is 971. The van der Waals surface area contributed by atoms with E-state index in [0.717, 1.165) is 0 Å². The number of carbonyl (C=O) groups is 3. The number of halogens is 1. The molecule has 33 heavy (non-hydrogen) atoms. The van der Waals surface area contributed by atoms with E-state index in [0.29, 0.717) is 30.0 Å². The number of anilines is 1. The number of nitrogens with zero attached hydrogens (tertiary/aromatic N) is 1. The molecule has 0 aliphatic carbocycles. The third-order valence-electron chi connectivity index (χ3n) is 7.84. The van der Waals surface area contributed by atoms with Gasteiger partial charge in [-0.25, -0.2) is 0 Å². The second-order valence-electron chi connectivity index (χ2n) is 9.66. The van der Waals surface area contributed by atoms with Gasteiger partial charge >= 0.3 is 0 Å². The molecule has 1 aromatic carbocycles. The van der Waals surface area contributed by atoms with Crippen LogP contribution in [0.3, 0.4) is 0 Å². The van der Waals surface area contributed by atoms with Crippen molar-refractivity contribution in [3.8, 4) is 0 Å². The number of likely N-dealkylation sites (tertiary alicyclic amines) is 1. The van der Waals surface area contributed by atoms with Crippen LogP contribution in [0.25, 0.3) is 0 Å². The molecule has 0 saturated carbocycles. The number of hydrogen-bond donors (Lipinski definition) is 3. The molecule has 6 atom stereocenters. The van der Waals surface area contributed by atoms with Crippen molar-refractivity contribution >= 4 is 35.0 Å². The normalized spacial score (nSPS) is 33.4. The van der Waals surface area contributed by atoms with Crippen molar-refractivity contribution in [1.29, 1.82) is 0 Å². The molecule has 1 spiro atoms. The minimum atomic E-state index is -1.14. The summed E-state index contributed by atoms with van der Waals surface area (Å²) < 4.78 is 6.63. The summed E-state index contributed by atoms with van der Waals surface area (Å²) >= 11 is 6.28. The van der Waals surface area contributed by atoms with Gasteiger partial charge < -0.3 is 25.4 Å². The lowest BCUT2D eigenvalue weighted by atomic mass is 9.65. The average molecular weight is 478 g/mol. The van der Waals surface area contributed by atoms with Crippen molar-refractivity contribution in [3.05, 3.63) is 29.3 Å². The fourth-order valence-electron chi connectivity index (χ4n) is 6.25. The lowest BCUT2D eigenvalue weighted by Gasteiger charge is -2.38. The van der Waals surface area contributed by atoms with Gasteiger partial charge in [-0.3, -0.25) is 14.4 Å². The van der Waals surface area contributed by atoms with E-state index >= 15 is 0 Å². The van der Waals surface area contributed by atoms with Gasteiger partial charge in [0.05, 0.1) is 40.8 Å². The number of amides is 3. The molecule has 3 amide bonds. The number of ether oxygens (including phenoxy) is 1. The third-order valence-corrected chi connectivity index (χ3v) is 8.17. The predicted molar refractivity (Wildman–Crippen MR) is 124 cm³/mol. The van der Waals surface area contributed by atoms with Gasteiger partial charge in [-0.15, -0.1) is 0 Å². The first-order valence-corrected chi connectivity index (χ1v) is 12.0. The molecule has 1 aromatic rings. The van der Waals surface area contributed by atoms with Gasteiger partial charge in [-0.2, -0.15) is 0 Å². The van der Waals surface area contributed by atoms with Crippen LogP contribution in [0.5, 0.6) is 0 Å². The highest BCUT2D eigenvalue weighted by molar-refractivity contribution is 6.33. The number of rotatable bonds is 7. The number of carbonyl (C=O) groups excluding carboxylic acids is 3. The molecular weight excluding hydrogens is 446 g/mol. The molecule has 3 saturated heterocycles. The van der Waals surface area contributed by atoms with Crippen LogP contribution in [-0.2, 0) is 19.1 Å². The van der Waals surface area contributed by atoms with Crippen LogP contribution in [0.4, 0.5) is 5.69 Å². The van der Waals surface area contributed by atoms with Crippen molar-refractivity contribution in [3.63, 3.8) is 0 Å². The second kappa shape index (κ2) is 8.56. The Kier molecular flexibility index (Phi) is 6.22. The first-order valence-electron chi connectivity index (χ1n) is 11.6. The largest absolute Gasteiger partial charge is 0.394 e. The maximum atomic E-state index is 13.9. The predicted octanol–water partition coefficient (Wildman–Crippen LogP) is 2.20. The molecule has 3 aliphatic heterocycles. The number of aliphatic hydroxyl groups excluding tert-OH is 1. The number of benzene rings is 1. The molecule has 2 unspecified atom stereocenters. The number of para-hydroxylation sites is 1. The Labute approximate surface area is 199 Å². The summed E-state index contributed by atoms with van der Waals surface area (Å²) in [6, 6.07) is 5.30. The van der Waals surface area contributed by atoms with E-state index in [2.05, 4.69) is 10.6 Å². The van der Waals surface area contributed by atoms with Crippen molar-refractivity contribution in [1.82, 2.24) is 10.2 Å². The highest BCUT2D eigenvalue weighted by Gasteiger charge is 2.79. The molecular formula is C24H32ClN3O5. The zero-order valence-corrected chi connectivity index (χ0v) is 20.2. The van der Waals surface area contributed by atoms with Gasteiger partial charge in [0, 0.05) is 7.05 Å². The standard InChI is InChI=1S/C24H32ClN3O5/c1-5-23-10-11-24(33-23)18(17(23)20(30)26-4)22(32)28(16(12-29)13(2)3)19(24)21(31)27-15-9-7-6-8-14(15)25/h6-9,13,16-19,29H,5,10-12H2,1-4H3,(H,26,30)(H,27,31)/t16-,17-,18-,19?,23+,24?/m0/s1. The van der Waals surface area contributed by atoms with Gasteiger partial charge in [-0.1, -0.05) is 44.5 Å². The Morgan fingerprint density at radius 2 is 1.97 bits per heavy atom. The first-order chi connectivity index (χ1) is 15.7. The summed E-state index contributed by atoms with van der Waals surface area (Å²) in [6.45, 7) is 5.43. The number of fused-ring (bicyclic) bond motifs is 1. The fraction of sp³-hybridized carbons (Fsp3) is 0.625. The topological polar surface area (TPSA) is 108 Å². The highest BCUT2D eigenvalue weighted by atomic mass is 35.5. The summed E-state index contributed by atoms with van der Waals surface area (Å²) in [5.74, 6) is -2.59. The van der Waals surface area contributed by atoms with Crippen molar-refractivity contribution in [2.24, 2.45) is 17.8 Å². The van der Waals surface area contributed by atoms with Gasteiger partial charge in [0.25, 0.3) is 0 Å². The molecule has 3 N–H and O–H groups in total. The summed E-state index contributed by atoms with van der Waals surface area (Å²) in [6.07, 6.45) is 1.63. The quantitative estimate of drug-likeness (QED) is 0.558. The first kappa shape index (κ1) is 24.0. The molecule has 3 aliphatic rings. The minimum Gasteiger partial charge on any atom is -0.394 e. The zero-order chi connectivity index (χ0) is 24.1. The SMILES string of the molecule is CC[C@]12CCC3(O1)C(C(=O)Nc1ccccc1Cl)N([C@@H](CO)C(C)C)C(=O)[C@@H]3[C@H]2C(=O)NC. The third kappa shape index (κ3) is 3.37. The van der Waals surface area contributed by atoms with Crippen LogP contribution in [0.15, 0.2) is 24.3 Å². The maximum Gasteiger partial charge on any atom is 0.250 e. The lowest BCUT2D eigenvalue weighted by Crippen LogP contribution is -2.57. The molecule has 9 heteroatoms. The molecule has 0 aromatic heterocycles. The fourth-order valence-corrected chi connectivity index (χ4v) is 6.43. The van der Waals surface area contributed by atoms with Crippen LogP contribution in [0, 0.1) is 17.8 Å². The minimum absolute atomic E-state index is 0.111. The van der Waals surface area contributed by atoms with E-state index in [1.54, 1.807) is 31.3 Å². The molecule has 0 radical (unpaired) electrons. The van der Waals surface area contributed by atoms with Crippen LogP contribution in [0.1, 0.15) is 40.0 Å². The van der Waals surface area contributed by atoms with E-state index in [1.165, 1.54) is 4.90 Å². The zero-order valence-electron chi connectivity index (χ0n) is 19.4. The molecule has 3 heterocycles. The number of aliphatic hydroxyl groups is 1. The highest BCUT2D eigenvalue weighted by Crippen LogP contribution is 2.64. The summed E-state index contributed by atoms with van der Waals surface area (Å²) in [7, 11) is 1.55. The van der Waals surface area contributed by atoms with Crippen LogP contribution < -0.4 is 10.6 Å². The van der Waals surface area contributed by atoms with Crippen molar-refractivity contribution in [2.75, 3.05) is 19.0 Å². The summed E-state index contributed by atoms with van der Waals surface area (Å²) in [5, 5.41) is 16.1. The molecule has 4 rings (SSSR count). The van der Waals surface area contributed by atoms with Crippen molar-refractivity contribution in [2.45, 2.75) is 63.3 Å². The van der Waals surface area contributed by atoms with Crippen LogP contribution >= 0.6 is 11.6 Å². The maximum absolute atomic E-state index is 13.9. The Hall–Kier alpha value is -2.16. The Morgan fingerprint density at radius 1 is 1.27 bits per heavy atom. The van der Waals surface area contributed by atoms with E-state index < -0.39 is 41.0 Å². The summed E-state index contributed by atoms with van der Waals surface area (Å²) in [5.41, 5.74) is -1.50. The molecule has 8 nitrogen and oxygen atoms in total. The lowest BCUT2D eigenvalue weighted by molar-refractivity contribution is -0.150. The van der Waals surface area contributed by atoms with Gasteiger partial charge in [0.2, 0.25) is 17.7 Å². The number of hydrogen-bond acceptors (Lipinski definition) is 5. The van der Waals surface area contributed by atoms with E-state index in [9.17, 15) is 19.5 Å². The Balaban J connectivity index is 1.83. The van der Waals surface area contributed by atoms with Gasteiger partial charge in [0.1, 0.15) is 11.6 Å². The van der Waals surface area contributed by atoms with Gasteiger partial charge in [-0.05, 0) is 37.3 Å². The van der Waals surface area contributed by atoms with E-state index in [-0.39, 0.29) is 24.3 Å². The molecule has 2 bridgehead atoms. The smallest absolute Gasteiger partial charge is 0.250 e. The average Bonchev–Trinajstić information content (AvgIpc) is 3.39. The Morgan fingerprint density at radius 3 is 2.55 bits per heavy atom. The van der Waals surface area contributed by atoms with E-state index in [4.69, 9.17) is 16.3 Å². The summed E-state index contributed by atoms with van der Waals surface area (Å²) in [4.78, 5) is 42.2. The van der Waals surface area contributed by atoms with E-state index in [1.807, 2.05) is 20.8 Å². The van der Waals surface area contributed by atoms with Crippen LogP contribution in [-0.4, -0.2) is 64.7 Å². The van der Waals surface area contributed by atoms with Crippen LogP contribution in [0.2, 0.25) is 5.02 Å². The monoisotopic (exact) mass is 477 g/mol. The second-order valence-corrected chi connectivity index (χ2v) is 10.1.